The molecule has 0 saturated carbocycles. The minimum absolute atomic E-state index is 0.0638. The summed E-state index contributed by atoms with van der Waals surface area (Å²) in [5.74, 6) is 0.0638. The highest BCUT2D eigenvalue weighted by molar-refractivity contribution is 5.95. The van der Waals surface area contributed by atoms with E-state index in [1.165, 1.54) is 30.5 Å². The minimum Gasteiger partial charge on any atom is -0.374 e. The van der Waals surface area contributed by atoms with Crippen molar-refractivity contribution < 1.29 is 4.79 Å². The quantitative estimate of drug-likeness (QED) is 0.797. The molecular formula is C16H24N2O. The van der Waals surface area contributed by atoms with Crippen molar-refractivity contribution in [3.63, 3.8) is 0 Å². The Kier molecular flexibility index (Phi) is 4.83. The summed E-state index contributed by atoms with van der Waals surface area (Å²) in [4.78, 5) is 14.3. The Balaban J connectivity index is 1.86. The highest BCUT2D eigenvalue weighted by Gasteiger charge is 2.17. The van der Waals surface area contributed by atoms with Crippen LogP contribution >= 0.6 is 0 Å². The molecule has 1 amide bonds. The molecule has 104 valence electrons. The van der Waals surface area contributed by atoms with Gasteiger partial charge in [-0.15, -0.1) is 0 Å². The summed E-state index contributed by atoms with van der Waals surface area (Å²) in [5.41, 5.74) is 3.35. The molecule has 1 aromatic carbocycles. The van der Waals surface area contributed by atoms with Crippen LogP contribution in [0.4, 0.5) is 5.69 Å². The molecule has 0 unspecified atom stereocenters. The monoisotopic (exact) mass is 260 g/mol. The molecular weight excluding hydrogens is 236 g/mol. The number of anilines is 1. The Bertz CT molecular complexity index is 442. The first-order valence-corrected chi connectivity index (χ1v) is 7.34. The van der Waals surface area contributed by atoms with E-state index >= 15 is 0 Å². The molecule has 0 spiro atoms. The van der Waals surface area contributed by atoms with Crippen LogP contribution in [-0.4, -0.2) is 26.0 Å². The smallest absolute Gasteiger partial charge is 0.251 e. The molecule has 1 aromatic rings. The normalized spacial score (nSPS) is 13.5. The maximum absolute atomic E-state index is 12.0. The SMILES string of the molecule is CCCCCCNC(=O)c1ccc2c(c1)CCN2C. The van der Waals surface area contributed by atoms with Crippen LogP contribution in [0.25, 0.3) is 0 Å². The van der Waals surface area contributed by atoms with Gasteiger partial charge in [-0.05, 0) is 36.6 Å². The summed E-state index contributed by atoms with van der Waals surface area (Å²) < 4.78 is 0. The lowest BCUT2D eigenvalue weighted by Gasteiger charge is -2.12. The van der Waals surface area contributed by atoms with Gasteiger partial charge in [-0.3, -0.25) is 4.79 Å². The summed E-state index contributed by atoms with van der Waals surface area (Å²) in [6.07, 6.45) is 5.80. The van der Waals surface area contributed by atoms with Crippen LogP contribution in [0.2, 0.25) is 0 Å². The second kappa shape index (κ2) is 6.60. The van der Waals surface area contributed by atoms with E-state index in [9.17, 15) is 4.79 Å². The van der Waals surface area contributed by atoms with Gasteiger partial charge in [0.1, 0.15) is 0 Å². The number of hydrogen-bond acceptors (Lipinski definition) is 2. The van der Waals surface area contributed by atoms with Crippen molar-refractivity contribution in [2.24, 2.45) is 0 Å². The van der Waals surface area contributed by atoms with Gasteiger partial charge in [0.2, 0.25) is 0 Å². The molecule has 3 nitrogen and oxygen atoms in total. The Morgan fingerprint density at radius 1 is 1.32 bits per heavy atom. The third-order valence-electron chi connectivity index (χ3n) is 3.79. The summed E-state index contributed by atoms with van der Waals surface area (Å²) in [7, 11) is 2.10. The fraction of sp³-hybridized carbons (Fsp3) is 0.562. The first-order valence-electron chi connectivity index (χ1n) is 7.34. The highest BCUT2D eigenvalue weighted by atomic mass is 16.1. The fourth-order valence-corrected chi connectivity index (χ4v) is 2.56. The van der Waals surface area contributed by atoms with E-state index in [4.69, 9.17) is 0 Å². The van der Waals surface area contributed by atoms with Crippen LogP contribution in [0.1, 0.15) is 48.5 Å². The van der Waals surface area contributed by atoms with Gasteiger partial charge >= 0.3 is 0 Å². The highest BCUT2D eigenvalue weighted by Crippen LogP contribution is 2.27. The van der Waals surface area contributed by atoms with E-state index in [0.717, 1.165) is 31.5 Å². The number of benzene rings is 1. The molecule has 2 rings (SSSR count). The summed E-state index contributed by atoms with van der Waals surface area (Å²) >= 11 is 0. The fourth-order valence-electron chi connectivity index (χ4n) is 2.56. The number of nitrogens with one attached hydrogen (secondary N) is 1. The van der Waals surface area contributed by atoms with E-state index in [0.29, 0.717) is 0 Å². The molecule has 0 bridgehead atoms. The molecule has 0 saturated heterocycles. The molecule has 1 aliphatic heterocycles. The average molecular weight is 260 g/mol. The molecule has 19 heavy (non-hydrogen) atoms. The van der Waals surface area contributed by atoms with Crippen molar-refractivity contribution in [1.82, 2.24) is 5.32 Å². The summed E-state index contributed by atoms with van der Waals surface area (Å²) in [5, 5.41) is 3.01. The van der Waals surface area contributed by atoms with Crippen LogP contribution < -0.4 is 10.2 Å². The standard InChI is InChI=1S/C16H24N2O/c1-3-4-5-6-10-17-16(19)14-7-8-15-13(12-14)9-11-18(15)2/h7-8,12H,3-6,9-11H2,1-2H3,(H,17,19). The van der Waals surface area contributed by atoms with Crippen molar-refractivity contribution >= 4 is 11.6 Å². The number of likely N-dealkylation sites (N-methyl/N-ethyl adjacent to an activating group) is 1. The Labute approximate surface area is 116 Å². The first kappa shape index (κ1) is 13.9. The van der Waals surface area contributed by atoms with E-state index in [1.807, 2.05) is 12.1 Å². The van der Waals surface area contributed by atoms with E-state index in [2.05, 4.69) is 30.3 Å². The lowest BCUT2D eigenvalue weighted by molar-refractivity contribution is 0.0953. The lowest BCUT2D eigenvalue weighted by atomic mass is 10.1. The largest absolute Gasteiger partial charge is 0.374 e. The number of hydrogen-bond donors (Lipinski definition) is 1. The van der Waals surface area contributed by atoms with Crippen molar-refractivity contribution in [3.05, 3.63) is 29.3 Å². The van der Waals surface area contributed by atoms with Gasteiger partial charge in [-0.1, -0.05) is 26.2 Å². The zero-order chi connectivity index (χ0) is 13.7. The predicted octanol–water partition coefficient (Wildman–Crippen LogP) is 2.99. The van der Waals surface area contributed by atoms with Crippen molar-refractivity contribution in [2.75, 3.05) is 25.0 Å². The molecule has 1 heterocycles. The number of rotatable bonds is 6. The van der Waals surface area contributed by atoms with Gasteiger partial charge in [0.15, 0.2) is 0 Å². The number of unbranched alkanes of at least 4 members (excludes halogenated alkanes) is 3. The van der Waals surface area contributed by atoms with E-state index in [1.54, 1.807) is 0 Å². The van der Waals surface area contributed by atoms with Crippen LogP contribution in [-0.2, 0) is 6.42 Å². The van der Waals surface area contributed by atoms with Gasteiger partial charge in [0.05, 0.1) is 0 Å². The second-order valence-electron chi connectivity index (χ2n) is 5.33. The van der Waals surface area contributed by atoms with Gasteiger partial charge in [0.25, 0.3) is 5.91 Å². The minimum atomic E-state index is 0.0638. The van der Waals surface area contributed by atoms with Gasteiger partial charge in [0, 0.05) is 31.4 Å². The van der Waals surface area contributed by atoms with Gasteiger partial charge in [-0.25, -0.2) is 0 Å². The van der Waals surface area contributed by atoms with Crippen LogP contribution in [0.15, 0.2) is 18.2 Å². The van der Waals surface area contributed by atoms with Gasteiger partial charge in [-0.2, -0.15) is 0 Å². The Hall–Kier alpha value is -1.51. The zero-order valence-corrected chi connectivity index (χ0v) is 12.0. The zero-order valence-electron chi connectivity index (χ0n) is 12.0. The van der Waals surface area contributed by atoms with Crippen molar-refractivity contribution in [1.29, 1.82) is 0 Å². The topological polar surface area (TPSA) is 32.3 Å². The number of fused-ring (bicyclic) bond motifs is 1. The van der Waals surface area contributed by atoms with Crippen molar-refractivity contribution in [3.8, 4) is 0 Å². The molecule has 0 radical (unpaired) electrons. The third-order valence-corrected chi connectivity index (χ3v) is 3.79. The Morgan fingerprint density at radius 3 is 2.95 bits per heavy atom. The molecule has 0 atom stereocenters. The van der Waals surface area contributed by atoms with Crippen LogP contribution in [0.3, 0.4) is 0 Å². The molecule has 0 fully saturated rings. The number of nitrogens with zero attached hydrogens (tertiary/aromatic N) is 1. The Morgan fingerprint density at radius 2 is 2.16 bits per heavy atom. The summed E-state index contributed by atoms with van der Waals surface area (Å²) in [6.45, 7) is 4.04. The first-order chi connectivity index (χ1) is 9.22. The number of amides is 1. The predicted molar refractivity (Wildman–Crippen MR) is 79.9 cm³/mol. The maximum atomic E-state index is 12.0. The summed E-state index contributed by atoms with van der Waals surface area (Å²) in [6, 6.07) is 6.04. The molecule has 0 aromatic heterocycles. The third kappa shape index (κ3) is 3.49. The van der Waals surface area contributed by atoms with Crippen LogP contribution in [0.5, 0.6) is 0 Å². The van der Waals surface area contributed by atoms with Gasteiger partial charge < -0.3 is 10.2 Å². The molecule has 0 aliphatic carbocycles. The lowest BCUT2D eigenvalue weighted by Crippen LogP contribution is -2.24. The molecule has 1 N–H and O–H groups in total. The van der Waals surface area contributed by atoms with E-state index < -0.39 is 0 Å². The second-order valence-corrected chi connectivity index (χ2v) is 5.33. The van der Waals surface area contributed by atoms with Crippen molar-refractivity contribution in [2.45, 2.75) is 39.0 Å². The molecule has 3 heteroatoms. The number of carbonyl (C=O) groups is 1. The molecule has 1 aliphatic rings. The van der Waals surface area contributed by atoms with Crippen LogP contribution in [0, 0.1) is 0 Å². The average Bonchev–Trinajstić information content (AvgIpc) is 2.79. The number of carbonyl (C=O) groups excluding carboxylic acids is 1. The maximum Gasteiger partial charge on any atom is 0.251 e. The van der Waals surface area contributed by atoms with E-state index in [-0.39, 0.29) is 5.91 Å².